The molecule has 3 aliphatic heterocycles. The lowest BCUT2D eigenvalue weighted by Gasteiger charge is -2.12. The van der Waals surface area contributed by atoms with Gasteiger partial charge in [-0.05, 0) is 162 Å². The maximum Gasteiger partial charge on any atom is 0.287 e. The number of nitrogens with one attached hydrogen (secondary N) is 5. The number of imidazole rings is 8. The Balaban J connectivity index is 0.000000124. The number of amides is 1. The number of fused-ring (bicyclic) bond motifs is 13. The Hall–Kier alpha value is -15.5. The molecular formula is C88H103FN30O10. The first-order valence-electron chi connectivity index (χ1n) is 42.1. The van der Waals surface area contributed by atoms with E-state index >= 15 is 0 Å². The van der Waals surface area contributed by atoms with Crippen molar-refractivity contribution < 1.29 is 18.8 Å². The molecule has 40 nitrogen and oxygen atoms in total. The fraction of sp³-hybridized carbons (Fsp3) is 0.352. The number of ketones is 2. The van der Waals surface area contributed by atoms with Gasteiger partial charge in [-0.15, -0.1) is 0 Å². The van der Waals surface area contributed by atoms with Gasteiger partial charge in [-0.1, -0.05) is 0 Å². The summed E-state index contributed by atoms with van der Waals surface area (Å²) in [5.74, 6) is 2.10. The fourth-order valence-electron chi connectivity index (χ4n) is 14.5. The van der Waals surface area contributed by atoms with Gasteiger partial charge < -0.3 is 56.5 Å². The van der Waals surface area contributed by atoms with Gasteiger partial charge in [0.05, 0.1) is 53.8 Å². The molecule has 5 N–H and O–H groups in total. The number of aliphatic imine (C=N–C) groups is 2. The van der Waals surface area contributed by atoms with Crippen molar-refractivity contribution in [3.63, 3.8) is 0 Å². The lowest BCUT2D eigenvalue weighted by Crippen LogP contribution is -2.20. The van der Waals surface area contributed by atoms with E-state index in [4.69, 9.17) is 0 Å². The monoisotopic (exact) mass is 1760 g/mol. The molecule has 0 atom stereocenters. The van der Waals surface area contributed by atoms with Crippen LogP contribution < -0.4 is 44.1 Å². The average Bonchev–Trinajstić information content (AvgIpc) is 1.62. The van der Waals surface area contributed by atoms with Gasteiger partial charge in [0.2, 0.25) is 28.8 Å². The van der Waals surface area contributed by atoms with E-state index in [0.717, 1.165) is 45.1 Å². The number of rotatable bonds is 9. The zero-order valence-corrected chi connectivity index (χ0v) is 75.0. The van der Waals surface area contributed by atoms with Crippen molar-refractivity contribution in [1.29, 1.82) is 0 Å². The third kappa shape index (κ3) is 18.8. The Morgan fingerprint density at radius 1 is 0.442 bits per heavy atom. The number of halogens is 1. The number of nitrogens with zero attached hydrogens (tertiary/aromatic N) is 25. The van der Waals surface area contributed by atoms with Crippen molar-refractivity contribution in [2.24, 2.45) is 9.98 Å². The number of Topliss-reactive ketones (excluding diaryl/α,β-unsaturated/α-hetero) is 2. The number of hydrogen-bond donors (Lipinski definition) is 5. The van der Waals surface area contributed by atoms with E-state index in [1.54, 1.807) is 119 Å². The third-order valence-electron chi connectivity index (χ3n) is 21.1. The molecule has 3 aliphatic rings. The molecule has 18 aromatic heterocycles. The molecule has 672 valence electrons. The van der Waals surface area contributed by atoms with Crippen LogP contribution in [0, 0.1) is 12.7 Å². The second-order valence-electron chi connectivity index (χ2n) is 33.1. The van der Waals surface area contributed by atoms with E-state index in [1.807, 2.05) is 132 Å². The average molecular weight is 1760 g/mol. The zero-order valence-electron chi connectivity index (χ0n) is 75.0. The maximum absolute atomic E-state index is 13.4. The van der Waals surface area contributed by atoms with Crippen LogP contribution in [0.2, 0.25) is 0 Å². The second-order valence-corrected chi connectivity index (χ2v) is 33.1. The SMILES string of the molecule is CC(C)n1cc(F)c2c1N=CCC2=O.CC(C)n1ccc(=O)c2nccn21.CC(C)n1ccc(=O)n2ccnc12.CC(C)n1ccc2c1N=CCC2=O.CC(C)n1cnc2c(=O)[nH]c3cccn3c21.CC(C)n1cnc2c(=O)[nH]ccc21.CC(C)n1cnc2c(=O)n3c(nc21)NC(=O)C3.CC(C)n1cnc2c(=O)n3ccnc3[nH]c21.Cc1cc2c(ncn2C(C)C)c(=O)[nH]1. The molecule has 21 heterocycles. The molecule has 0 unspecified atom stereocenters. The van der Waals surface area contributed by atoms with E-state index in [0.29, 0.717) is 98.8 Å². The van der Waals surface area contributed by atoms with E-state index in [-0.39, 0.29) is 99.0 Å². The summed E-state index contributed by atoms with van der Waals surface area (Å²) in [6, 6.07) is 15.0. The summed E-state index contributed by atoms with van der Waals surface area (Å²) >= 11 is 0. The molecule has 0 radical (unpaired) electrons. The van der Waals surface area contributed by atoms with Crippen molar-refractivity contribution in [1.82, 2.24) is 128 Å². The van der Waals surface area contributed by atoms with Gasteiger partial charge in [-0.25, -0.2) is 63.2 Å². The summed E-state index contributed by atoms with van der Waals surface area (Å²) in [6.45, 7) is 38.5. The Bertz CT molecular complexity index is 7600. The summed E-state index contributed by atoms with van der Waals surface area (Å²) in [7, 11) is 0. The fourth-order valence-corrected chi connectivity index (χ4v) is 14.5. The third-order valence-corrected chi connectivity index (χ3v) is 21.1. The molecule has 0 aromatic carbocycles. The number of aryl methyl sites for hydroxylation is 1. The first-order valence-corrected chi connectivity index (χ1v) is 42.1. The Morgan fingerprint density at radius 2 is 1.02 bits per heavy atom. The van der Waals surface area contributed by atoms with Crippen LogP contribution in [-0.2, 0) is 11.3 Å². The Kier molecular flexibility index (Phi) is 27.0. The molecule has 0 spiro atoms. The van der Waals surface area contributed by atoms with Gasteiger partial charge in [-0.2, -0.15) is 4.98 Å². The molecule has 0 bridgehead atoms. The number of aromatic nitrogens is 27. The molecule has 41 heteroatoms. The summed E-state index contributed by atoms with van der Waals surface area (Å²) in [5, 5.41) is 2.56. The van der Waals surface area contributed by atoms with Crippen molar-refractivity contribution in [2.75, 3.05) is 5.32 Å². The van der Waals surface area contributed by atoms with Crippen molar-refractivity contribution in [2.45, 2.75) is 205 Å². The molecule has 18 aromatic rings. The van der Waals surface area contributed by atoms with E-state index < -0.39 is 5.82 Å². The Morgan fingerprint density at radius 3 is 1.69 bits per heavy atom. The quantitative estimate of drug-likeness (QED) is 0.0896. The van der Waals surface area contributed by atoms with Crippen molar-refractivity contribution >= 4 is 126 Å². The van der Waals surface area contributed by atoms with Gasteiger partial charge in [0.1, 0.15) is 29.5 Å². The van der Waals surface area contributed by atoms with Gasteiger partial charge in [-0.3, -0.25) is 71.3 Å². The normalized spacial score (nSPS) is 12.7. The molecule has 0 saturated carbocycles. The Labute approximate surface area is 733 Å². The number of aromatic amines is 4. The molecule has 0 saturated heterocycles. The highest BCUT2D eigenvalue weighted by Gasteiger charge is 2.27. The summed E-state index contributed by atoms with van der Waals surface area (Å²) in [5.41, 5.74) is 8.30. The number of H-pyrrole nitrogens is 4. The first-order chi connectivity index (χ1) is 61.4. The number of carbonyl (C=O) groups excluding carboxylic acids is 3. The number of hydrogen-bond acceptors (Lipinski definition) is 21. The van der Waals surface area contributed by atoms with Crippen LogP contribution in [-0.4, -0.2) is 158 Å². The van der Waals surface area contributed by atoms with Crippen LogP contribution in [0.5, 0.6) is 0 Å². The predicted molar refractivity (Wildman–Crippen MR) is 492 cm³/mol. The van der Waals surface area contributed by atoms with Crippen LogP contribution in [0.25, 0.3) is 78.4 Å². The predicted octanol–water partition coefficient (Wildman–Crippen LogP) is 12.6. The number of carbonyl (C=O) groups is 3. The largest absolute Gasteiger partial charge is 0.330 e. The highest BCUT2D eigenvalue weighted by molar-refractivity contribution is 6.10. The molecule has 21 rings (SSSR count). The highest BCUT2D eigenvalue weighted by Crippen LogP contribution is 2.32. The maximum atomic E-state index is 13.4. The molecule has 1 amide bonds. The minimum absolute atomic E-state index is 0.0195. The minimum atomic E-state index is -0.462. The van der Waals surface area contributed by atoms with Crippen LogP contribution in [0.3, 0.4) is 0 Å². The van der Waals surface area contributed by atoms with Gasteiger partial charge in [0.15, 0.2) is 61.9 Å². The molecule has 0 fully saturated rings. The van der Waals surface area contributed by atoms with Gasteiger partial charge in [0.25, 0.3) is 33.4 Å². The standard InChI is InChI=1S/C11H12N4O.C10H11FN2O.C10H11N5O2.C10H11N5O.C10H13N3O.C10H12N2O.3C9H11N3O/c1-7(2)15-6-12-9-10(16)13-8-4-3-5-14(8)11(9)15;1-6(2)13-5-7(11)9-8(14)3-4-12-10(9)13;1-5(2)15-4-11-7-8(15)13-10-12-6(16)3-14(10)9(7)17;1-6(2)15-5-12-7-8(15)13-10-11-3-4-14(10)9(7)16;1-6(2)13-5-11-9-8(13)4-7(3)12-10(9)14;1-7(2)12-6-4-8-9(13)3-5-11-10(8)12;1-7(2)11-5-3-8(13)12-6-4-10-9(11)12;1-7(2)11-5-3-8(13)9-10-4-6-12(9)11;1-6(2)12-5-11-8-7(12)3-4-10-9(8)13/h3-7H,1-2H3,(H,13,16);4-6H,3H2,1-2H3;4-5H,3H2,1-2H3,(H,12,13,16);3-6H,1-2H3,(H,11,13);4-6H,1-3H3,(H,12,14);4-7H,3H2,1-2H3;2*3-7H,1-2H3;3-6H,1-2H3,(H,10,13). The summed E-state index contributed by atoms with van der Waals surface area (Å²) in [4.78, 5) is 172. The molecule has 0 aliphatic carbocycles. The van der Waals surface area contributed by atoms with Crippen molar-refractivity contribution in [3.05, 3.63) is 243 Å². The van der Waals surface area contributed by atoms with Crippen LogP contribution >= 0.6 is 0 Å². The number of anilines is 1. The summed E-state index contributed by atoms with van der Waals surface area (Å²) in [6.07, 6.45) is 32.6. The van der Waals surface area contributed by atoms with Gasteiger partial charge in [0, 0.05) is 172 Å². The van der Waals surface area contributed by atoms with Gasteiger partial charge >= 0.3 is 0 Å². The lowest BCUT2D eigenvalue weighted by molar-refractivity contribution is -0.115. The minimum Gasteiger partial charge on any atom is -0.330 e. The van der Waals surface area contributed by atoms with E-state index in [1.165, 1.54) is 21.4 Å². The summed E-state index contributed by atoms with van der Waals surface area (Å²) < 4.78 is 38.7. The first kappa shape index (κ1) is 91.2. The van der Waals surface area contributed by atoms with Crippen LogP contribution in [0.4, 0.5) is 22.0 Å². The molecule has 129 heavy (non-hydrogen) atoms. The topological polar surface area (TPSA) is 454 Å². The van der Waals surface area contributed by atoms with Crippen LogP contribution in [0.15, 0.2) is 192 Å². The van der Waals surface area contributed by atoms with E-state index in [2.05, 4.69) is 163 Å². The second kappa shape index (κ2) is 38.2. The lowest BCUT2D eigenvalue weighted by atomic mass is 10.1. The molecular weight excluding hydrogens is 1660 g/mol. The highest BCUT2D eigenvalue weighted by atomic mass is 19.1. The zero-order chi connectivity index (χ0) is 93.0. The van der Waals surface area contributed by atoms with E-state index in [9.17, 15) is 52.3 Å². The number of pyridine rings is 2. The van der Waals surface area contributed by atoms with Crippen molar-refractivity contribution in [3.8, 4) is 0 Å². The smallest absolute Gasteiger partial charge is 0.287 e. The van der Waals surface area contributed by atoms with Crippen LogP contribution in [0.1, 0.15) is 218 Å².